The molecule has 0 unspecified atom stereocenters. The van der Waals surface area contributed by atoms with Crippen molar-refractivity contribution < 1.29 is 19.1 Å². The van der Waals surface area contributed by atoms with E-state index in [2.05, 4.69) is 102 Å². The minimum atomic E-state index is -0.127. The maximum atomic E-state index is 12.9. The van der Waals surface area contributed by atoms with Gasteiger partial charge in [-0.3, -0.25) is 19.4 Å². The zero-order valence-electron chi connectivity index (χ0n) is 39.8. The quantitative estimate of drug-likeness (QED) is 0.0602. The molecule has 2 aromatic heterocycles. The first-order valence-electron chi connectivity index (χ1n) is 24.3. The van der Waals surface area contributed by atoms with Crippen LogP contribution >= 0.6 is 0 Å². The number of anilines is 2. The van der Waals surface area contributed by atoms with Crippen LogP contribution in [0.1, 0.15) is 118 Å². The summed E-state index contributed by atoms with van der Waals surface area (Å²) >= 11 is 0. The van der Waals surface area contributed by atoms with Crippen LogP contribution in [0.4, 0.5) is 11.4 Å². The number of amides is 2. The van der Waals surface area contributed by atoms with Gasteiger partial charge >= 0.3 is 0 Å². The molecule has 348 valence electrons. The Morgan fingerprint density at radius 2 is 1.20 bits per heavy atom. The Hall–Kier alpha value is -6.10. The predicted molar refractivity (Wildman–Crippen MR) is 274 cm³/mol. The number of aromatic amines is 2. The van der Waals surface area contributed by atoms with E-state index in [0.717, 1.165) is 129 Å². The van der Waals surface area contributed by atoms with Crippen LogP contribution in [0, 0.1) is 5.92 Å². The highest BCUT2D eigenvalue weighted by molar-refractivity contribution is 6.07. The van der Waals surface area contributed by atoms with Crippen molar-refractivity contribution in [1.82, 2.24) is 19.8 Å². The van der Waals surface area contributed by atoms with E-state index >= 15 is 0 Å². The monoisotopic (exact) mass is 891 g/mol. The van der Waals surface area contributed by atoms with Crippen molar-refractivity contribution in [3.8, 4) is 11.5 Å². The number of ether oxygens (including phenoxy) is 2. The van der Waals surface area contributed by atoms with Gasteiger partial charge in [-0.15, -0.1) is 0 Å². The number of carbonyl (C=O) groups excluding carboxylic acids is 2. The maximum Gasteiger partial charge on any atom is 0.255 e. The molecule has 2 aliphatic heterocycles. The number of benzene rings is 4. The number of nitrogens with one attached hydrogen (secondary N) is 4. The van der Waals surface area contributed by atoms with Crippen molar-refractivity contribution in [2.75, 3.05) is 63.1 Å². The number of nitrogens with zero attached hydrogens (tertiary/aromatic N) is 2. The van der Waals surface area contributed by atoms with Gasteiger partial charge in [0, 0.05) is 101 Å². The molecule has 0 saturated heterocycles. The van der Waals surface area contributed by atoms with Gasteiger partial charge in [-0.05, 0) is 135 Å². The van der Waals surface area contributed by atoms with Crippen molar-refractivity contribution in [3.63, 3.8) is 0 Å². The highest BCUT2D eigenvalue weighted by Gasteiger charge is 2.19. The summed E-state index contributed by atoms with van der Waals surface area (Å²) in [6.07, 6.45) is 17.6. The van der Waals surface area contributed by atoms with E-state index < -0.39 is 0 Å². The Balaban J connectivity index is 0.000000196. The number of carbonyl (C=O) groups is 2. The van der Waals surface area contributed by atoms with Gasteiger partial charge in [0.25, 0.3) is 11.8 Å². The summed E-state index contributed by atoms with van der Waals surface area (Å²) in [7, 11) is 0. The topological polar surface area (TPSA) is 115 Å². The van der Waals surface area contributed by atoms with Crippen molar-refractivity contribution in [2.45, 2.75) is 86.0 Å². The standard InChI is InChI=1S/2C28H35N3O2/c1-4-5-16-33-24-9-6-22(7-10-24)28(32)30-23-8-11-27-25(17-23)26(18-29-27)21-12-14-31(15-13-21)19-20(2)3;1-3-5-6-17-33-24-9-7-8-22(18-24)28(32)30-23-10-11-27-25(19-23)26(20-29-27)21-12-15-31(14-4-2)16-13-21/h6-12,17-18,20,29H,4-5,13-16,19H2,1-3H3,(H,30,32);7-12,18-20,29H,3-6,13-17H2,1-2H3,(H,30,32). The number of hydrogen-bond donors (Lipinski definition) is 4. The second kappa shape index (κ2) is 23.9. The molecule has 0 spiro atoms. The Morgan fingerprint density at radius 3 is 1.76 bits per heavy atom. The summed E-state index contributed by atoms with van der Waals surface area (Å²) in [6, 6.07) is 26.9. The third kappa shape index (κ3) is 13.0. The van der Waals surface area contributed by atoms with E-state index in [1.54, 1.807) is 0 Å². The number of hydrogen-bond acceptors (Lipinski definition) is 6. The molecule has 0 aliphatic carbocycles. The average Bonchev–Trinajstić information content (AvgIpc) is 3.96. The van der Waals surface area contributed by atoms with Gasteiger partial charge in [0.1, 0.15) is 11.5 Å². The summed E-state index contributed by atoms with van der Waals surface area (Å²) in [4.78, 5) is 37.5. The summed E-state index contributed by atoms with van der Waals surface area (Å²) < 4.78 is 11.5. The smallest absolute Gasteiger partial charge is 0.255 e. The molecule has 0 atom stereocenters. The molecular weight excluding hydrogens is 821 g/mol. The first kappa shape index (κ1) is 47.9. The number of H-pyrrole nitrogens is 2. The van der Waals surface area contributed by atoms with Crippen molar-refractivity contribution in [2.24, 2.45) is 5.92 Å². The van der Waals surface area contributed by atoms with Crippen LogP contribution in [0.5, 0.6) is 11.5 Å². The molecule has 0 fully saturated rings. The predicted octanol–water partition coefficient (Wildman–Crippen LogP) is 12.8. The zero-order chi connectivity index (χ0) is 46.3. The number of rotatable bonds is 19. The molecule has 4 aromatic carbocycles. The molecule has 0 saturated carbocycles. The molecule has 6 aromatic rings. The zero-order valence-corrected chi connectivity index (χ0v) is 39.8. The van der Waals surface area contributed by atoms with E-state index in [0.29, 0.717) is 30.3 Å². The lowest BCUT2D eigenvalue weighted by Gasteiger charge is -2.27. The molecule has 2 aliphatic rings. The first-order chi connectivity index (χ1) is 32.2. The Kier molecular flexibility index (Phi) is 17.3. The van der Waals surface area contributed by atoms with E-state index in [1.165, 1.54) is 28.7 Å². The van der Waals surface area contributed by atoms with Crippen LogP contribution in [0.15, 0.2) is 109 Å². The van der Waals surface area contributed by atoms with Crippen LogP contribution in [0.25, 0.3) is 33.0 Å². The Bertz CT molecular complexity index is 2580. The third-order valence-corrected chi connectivity index (χ3v) is 12.3. The van der Waals surface area contributed by atoms with Gasteiger partial charge in [0.15, 0.2) is 0 Å². The van der Waals surface area contributed by atoms with Gasteiger partial charge in [0.05, 0.1) is 13.2 Å². The average molecular weight is 891 g/mol. The van der Waals surface area contributed by atoms with Crippen molar-refractivity contribution in [1.29, 1.82) is 0 Å². The van der Waals surface area contributed by atoms with E-state index in [1.807, 2.05) is 72.8 Å². The SMILES string of the molecule is CCCCCOc1cccc(C(=O)Nc2ccc3[nH]cc(C4=CCN(CCC)CC4)c3c2)c1.CCCCOc1ccc(C(=O)Nc2ccc3[nH]cc(C4=CCN(CC(C)C)CC4)c3c2)cc1. The molecule has 10 nitrogen and oxygen atoms in total. The first-order valence-corrected chi connectivity index (χ1v) is 24.3. The summed E-state index contributed by atoms with van der Waals surface area (Å²) in [6.45, 7) is 18.9. The third-order valence-electron chi connectivity index (χ3n) is 12.3. The molecule has 10 heteroatoms. The normalized spacial score (nSPS) is 14.4. The fourth-order valence-corrected chi connectivity index (χ4v) is 8.75. The van der Waals surface area contributed by atoms with Gasteiger partial charge in [-0.2, -0.15) is 0 Å². The van der Waals surface area contributed by atoms with Gasteiger partial charge in [-0.1, -0.05) is 72.1 Å². The van der Waals surface area contributed by atoms with Crippen molar-refractivity contribution in [3.05, 3.63) is 132 Å². The van der Waals surface area contributed by atoms with E-state index in [9.17, 15) is 9.59 Å². The van der Waals surface area contributed by atoms with E-state index in [-0.39, 0.29) is 11.8 Å². The fraction of sp³-hybridized carbons (Fsp3) is 0.393. The van der Waals surface area contributed by atoms with Gasteiger partial charge in [-0.25, -0.2) is 0 Å². The van der Waals surface area contributed by atoms with Gasteiger partial charge in [0.2, 0.25) is 0 Å². The molecule has 8 rings (SSSR count). The fourth-order valence-electron chi connectivity index (χ4n) is 8.75. The van der Waals surface area contributed by atoms with Crippen LogP contribution in [0.3, 0.4) is 0 Å². The minimum Gasteiger partial charge on any atom is -0.494 e. The number of fused-ring (bicyclic) bond motifs is 2. The molecule has 0 radical (unpaired) electrons. The van der Waals surface area contributed by atoms with Crippen molar-refractivity contribution >= 4 is 56.1 Å². The second-order valence-electron chi connectivity index (χ2n) is 18.1. The van der Waals surface area contributed by atoms with Crippen LogP contribution in [0.2, 0.25) is 0 Å². The number of unbranched alkanes of at least 4 members (excludes halogenated alkanes) is 3. The second-order valence-corrected chi connectivity index (χ2v) is 18.1. The molecular formula is C56H70N6O4. The van der Waals surface area contributed by atoms with Gasteiger partial charge < -0.3 is 30.1 Å². The molecule has 66 heavy (non-hydrogen) atoms. The summed E-state index contributed by atoms with van der Waals surface area (Å²) in [5.41, 5.74) is 10.2. The largest absolute Gasteiger partial charge is 0.494 e. The van der Waals surface area contributed by atoms with E-state index in [4.69, 9.17) is 9.47 Å². The van der Waals surface area contributed by atoms with Crippen LogP contribution in [-0.4, -0.2) is 84.1 Å². The highest BCUT2D eigenvalue weighted by Crippen LogP contribution is 2.33. The minimum absolute atomic E-state index is 0.118. The summed E-state index contributed by atoms with van der Waals surface area (Å²) in [5.74, 6) is 1.98. The molecule has 4 N–H and O–H groups in total. The molecule has 2 amide bonds. The lowest BCUT2D eigenvalue weighted by atomic mass is 9.98. The highest BCUT2D eigenvalue weighted by atomic mass is 16.5. The lowest BCUT2D eigenvalue weighted by molar-refractivity contribution is 0.101. The number of aromatic nitrogens is 2. The summed E-state index contributed by atoms with van der Waals surface area (Å²) in [5, 5.41) is 8.41. The Morgan fingerprint density at radius 1 is 0.621 bits per heavy atom. The maximum absolute atomic E-state index is 12.9. The Labute approximate surface area is 391 Å². The lowest BCUT2D eigenvalue weighted by Crippen LogP contribution is -2.31. The van der Waals surface area contributed by atoms with Crippen LogP contribution in [-0.2, 0) is 0 Å². The molecule has 4 heterocycles. The molecule has 0 bridgehead atoms. The van der Waals surface area contributed by atoms with Crippen LogP contribution < -0.4 is 20.1 Å².